The largest absolute Gasteiger partial charge is 0.346 e. The highest BCUT2D eigenvalue weighted by atomic mass is 31.2. The molecule has 4 heteroatoms. The highest BCUT2D eigenvalue weighted by Crippen LogP contribution is 2.28. The second-order valence-corrected chi connectivity index (χ2v) is 3.36. The summed E-state index contributed by atoms with van der Waals surface area (Å²) in [6.07, 6.45) is 0. The molecule has 1 aromatic carbocycles. The van der Waals surface area contributed by atoms with E-state index in [0.717, 1.165) is 0 Å². The van der Waals surface area contributed by atoms with Gasteiger partial charge in [-0.2, -0.15) is 0 Å². The summed E-state index contributed by atoms with van der Waals surface area (Å²) >= 11 is 0. The zero-order chi connectivity index (χ0) is 8.27. The van der Waals surface area contributed by atoms with Crippen LogP contribution in [0.1, 0.15) is 0 Å². The van der Waals surface area contributed by atoms with Crippen molar-refractivity contribution in [1.82, 2.24) is 0 Å². The topological polar surface area (TPSA) is 29.5 Å². The van der Waals surface area contributed by atoms with E-state index < -0.39 is 8.38 Å². The molecule has 0 spiro atoms. The molecule has 0 radical (unpaired) electrons. The first-order valence-electron chi connectivity index (χ1n) is 3.02. The fraction of sp³-hybridized carbons (Fsp3) is 0.143. The van der Waals surface area contributed by atoms with Crippen molar-refractivity contribution in [2.75, 3.05) is 7.11 Å². The molecule has 1 atom stereocenters. The van der Waals surface area contributed by atoms with Crippen LogP contribution < -0.4 is 5.30 Å². The standard InChI is InChI=1S/C7H8FO2P/c1-10-11(9)7-4-2-3-6(8)5-7/h2-5,9H,1H3. The van der Waals surface area contributed by atoms with Gasteiger partial charge in [0.15, 0.2) is 0 Å². The summed E-state index contributed by atoms with van der Waals surface area (Å²) in [5.41, 5.74) is 0. The highest BCUT2D eigenvalue weighted by Gasteiger charge is 2.06. The molecule has 0 aromatic heterocycles. The van der Waals surface area contributed by atoms with E-state index in [2.05, 4.69) is 4.52 Å². The molecule has 0 saturated carbocycles. The summed E-state index contributed by atoms with van der Waals surface area (Å²) in [6, 6.07) is 5.74. The van der Waals surface area contributed by atoms with E-state index in [1.54, 1.807) is 6.07 Å². The molecule has 0 bridgehead atoms. The summed E-state index contributed by atoms with van der Waals surface area (Å²) in [4.78, 5) is 9.13. The Hall–Kier alpha value is -0.500. The van der Waals surface area contributed by atoms with Crippen LogP contribution in [0.5, 0.6) is 0 Å². The summed E-state index contributed by atoms with van der Waals surface area (Å²) in [5, 5.41) is 0.488. The van der Waals surface area contributed by atoms with Crippen LogP contribution in [-0.4, -0.2) is 12.0 Å². The van der Waals surface area contributed by atoms with E-state index in [4.69, 9.17) is 4.89 Å². The van der Waals surface area contributed by atoms with Crippen LogP contribution in [0.3, 0.4) is 0 Å². The Morgan fingerprint density at radius 1 is 1.55 bits per heavy atom. The fourth-order valence-corrected chi connectivity index (χ4v) is 1.36. The summed E-state index contributed by atoms with van der Waals surface area (Å²) in [5.74, 6) is -0.360. The van der Waals surface area contributed by atoms with E-state index >= 15 is 0 Å². The van der Waals surface area contributed by atoms with E-state index in [0.29, 0.717) is 5.30 Å². The zero-order valence-electron chi connectivity index (χ0n) is 5.99. The Labute approximate surface area is 65.5 Å². The van der Waals surface area contributed by atoms with Crippen molar-refractivity contribution in [3.05, 3.63) is 30.1 Å². The van der Waals surface area contributed by atoms with Crippen molar-refractivity contribution < 1.29 is 13.8 Å². The second-order valence-electron chi connectivity index (χ2n) is 1.94. The number of halogens is 1. The van der Waals surface area contributed by atoms with Gasteiger partial charge in [-0.15, -0.1) is 0 Å². The van der Waals surface area contributed by atoms with Gasteiger partial charge in [-0.05, 0) is 18.2 Å². The third-order valence-electron chi connectivity index (χ3n) is 1.20. The molecule has 0 aliphatic heterocycles. The smallest absolute Gasteiger partial charge is 0.202 e. The minimum absolute atomic E-state index is 0.360. The van der Waals surface area contributed by atoms with Gasteiger partial charge >= 0.3 is 0 Å². The van der Waals surface area contributed by atoms with Gasteiger partial charge in [0.05, 0.1) is 0 Å². The maximum atomic E-state index is 12.5. The number of hydrogen-bond donors (Lipinski definition) is 1. The van der Waals surface area contributed by atoms with Gasteiger partial charge < -0.3 is 9.42 Å². The van der Waals surface area contributed by atoms with Crippen LogP contribution in [0.25, 0.3) is 0 Å². The van der Waals surface area contributed by atoms with Crippen molar-refractivity contribution in [1.29, 1.82) is 0 Å². The van der Waals surface area contributed by atoms with E-state index in [9.17, 15) is 4.39 Å². The van der Waals surface area contributed by atoms with Crippen molar-refractivity contribution in [3.63, 3.8) is 0 Å². The van der Waals surface area contributed by atoms with Crippen molar-refractivity contribution in [2.24, 2.45) is 0 Å². The Kier molecular flexibility index (Phi) is 2.94. The molecule has 0 amide bonds. The lowest BCUT2D eigenvalue weighted by Gasteiger charge is -2.05. The quantitative estimate of drug-likeness (QED) is 0.686. The first kappa shape index (κ1) is 8.60. The minimum atomic E-state index is -1.63. The molecule has 0 saturated heterocycles. The summed E-state index contributed by atoms with van der Waals surface area (Å²) < 4.78 is 17.2. The maximum Gasteiger partial charge on any atom is 0.202 e. The predicted molar refractivity (Wildman–Crippen MR) is 42.2 cm³/mol. The molecular formula is C7H8FO2P. The van der Waals surface area contributed by atoms with Gasteiger partial charge in [-0.25, -0.2) is 4.39 Å². The average Bonchev–Trinajstić information content (AvgIpc) is 2.03. The monoisotopic (exact) mass is 174 g/mol. The number of hydrogen-bond acceptors (Lipinski definition) is 2. The zero-order valence-corrected chi connectivity index (χ0v) is 6.88. The minimum Gasteiger partial charge on any atom is -0.346 e. The van der Waals surface area contributed by atoms with Crippen molar-refractivity contribution in [2.45, 2.75) is 0 Å². The molecule has 11 heavy (non-hydrogen) atoms. The van der Waals surface area contributed by atoms with Crippen LogP contribution in [0.4, 0.5) is 4.39 Å². The lowest BCUT2D eigenvalue weighted by atomic mass is 10.4. The van der Waals surface area contributed by atoms with Crippen LogP contribution >= 0.6 is 8.38 Å². The maximum absolute atomic E-state index is 12.5. The van der Waals surface area contributed by atoms with Crippen LogP contribution in [0.15, 0.2) is 24.3 Å². The van der Waals surface area contributed by atoms with Gasteiger partial charge in [0.2, 0.25) is 8.38 Å². The molecule has 2 nitrogen and oxygen atoms in total. The molecule has 1 aromatic rings. The normalized spacial score (nSPS) is 13.0. The third kappa shape index (κ3) is 2.22. The van der Waals surface area contributed by atoms with Gasteiger partial charge in [-0.3, -0.25) is 0 Å². The lowest BCUT2D eigenvalue weighted by Crippen LogP contribution is -2.01. The Morgan fingerprint density at radius 2 is 2.27 bits per heavy atom. The molecular weight excluding hydrogens is 166 g/mol. The van der Waals surface area contributed by atoms with Crippen LogP contribution in [0, 0.1) is 5.82 Å². The predicted octanol–water partition coefficient (Wildman–Crippen LogP) is 1.40. The molecule has 60 valence electrons. The van der Waals surface area contributed by atoms with E-state index in [1.165, 1.54) is 25.3 Å². The molecule has 1 N–H and O–H groups in total. The molecule has 0 aliphatic rings. The Balaban J connectivity index is 2.86. The van der Waals surface area contributed by atoms with Crippen molar-refractivity contribution >= 4 is 13.7 Å². The first-order chi connectivity index (χ1) is 5.24. The van der Waals surface area contributed by atoms with E-state index in [1.807, 2.05) is 0 Å². The average molecular weight is 174 g/mol. The van der Waals surface area contributed by atoms with Gasteiger partial charge in [0, 0.05) is 12.4 Å². The Morgan fingerprint density at radius 3 is 2.82 bits per heavy atom. The van der Waals surface area contributed by atoms with Gasteiger partial charge in [0.1, 0.15) is 5.82 Å². The first-order valence-corrected chi connectivity index (χ1v) is 4.24. The molecule has 1 unspecified atom stereocenters. The Bertz CT molecular complexity index is 242. The molecule has 1 rings (SSSR count). The fourth-order valence-electron chi connectivity index (χ4n) is 0.701. The molecule has 0 heterocycles. The van der Waals surface area contributed by atoms with Gasteiger partial charge in [0.25, 0.3) is 0 Å². The lowest BCUT2D eigenvalue weighted by molar-refractivity contribution is 0.400. The number of benzene rings is 1. The molecule has 0 fully saturated rings. The number of rotatable bonds is 2. The molecule has 0 aliphatic carbocycles. The third-order valence-corrected chi connectivity index (χ3v) is 2.27. The van der Waals surface area contributed by atoms with Crippen LogP contribution in [0.2, 0.25) is 0 Å². The SMILES string of the molecule is COP(O)c1cccc(F)c1. The summed E-state index contributed by atoms with van der Waals surface area (Å²) in [7, 11) is -0.244. The van der Waals surface area contributed by atoms with Gasteiger partial charge in [-0.1, -0.05) is 6.07 Å². The highest BCUT2D eigenvalue weighted by molar-refractivity contribution is 7.54. The summed E-state index contributed by atoms with van der Waals surface area (Å²) in [6.45, 7) is 0. The van der Waals surface area contributed by atoms with Crippen LogP contribution in [-0.2, 0) is 4.52 Å². The van der Waals surface area contributed by atoms with E-state index in [-0.39, 0.29) is 5.82 Å². The van der Waals surface area contributed by atoms with Crippen molar-refractivity contribution in [3.8, 4) is 0 Å². The second kappa shape index (κ2) is 3.77.